The molecule has 7 nitrogen and oxygen atoms in total. The molecule has 1 aliphatic carbocycles. The summed E-state index contributed by atoms with van der Waals surface area (Å²) in [6.07, 6.45) is 5.34. The molecule has 5 rings (SSSR count). The quantitative estimate of drug-likeness (QED) is 0.225. The highest BCUT2D eigenvalue weighted by molar-refractivity contribution is 7.89. The van der Waals surface area contributed by atoms with Gasteiger partial charge in [-0.3, -0.25) is 4.79 Å². The molecule has 1 aromatic heterocycles. The molecule has 0 aliphatic heterocycles. The zero-order chi connectivity index (χ0) is 30.1. The number of hydrogen-bond acceptors (Lipinski definition) is 4. The summed E-state index contributed by atoms with van der Waals surface area (Å²) in [7, 11) is -1.92. The van der Waals surface area contributed by atoms with E-state index in [0.717, 1.165) is 28.9 Å². The van der Waals surface area contributed by atoms with E-state index in [9.17, 15) is 13.2 Å². The number of anilines is 1. The molecule has 42 heavy (non-hydrogen) atoms. The van der Waals surface area contributed by atoms with E-state index in [1.165, 1.54) is 6.07 Å². The molecule has 0 saturated heterocycles. The zero-order valence-electron chi connectivity index (χ0n) is 24.4. The Bertz CT molecular complexity index is 1680. The third kappa shape index (κ3) is 6.46. The van der Waals surface area contributed by atoms with Crippen molar-refractivity contribution in [2.45, 2.75) is 68.8 Å². The van der Waals surface area contributed by atoms with Crippen LogP contribution in [0.1, 0.15) is 74.5 Å². The van der Waals surface area contributed by atoms with Gasteiger partial charge in [-0.25, -0.2) is 18.1 Å². The highest BCUT2D eigenvalue weighted by atomic mass is 35.5. The van der Waals surface area contributed by atoms with E-state index in [1.54, 1.807) is 29.3 Å². The van der Waals surface area contributed by atoms with Crippen LogP contribution in [0.25, 0.3) is 0 Å². The summed E-state index contributed by atoms with van der Waals surface area (Å²) in [6.45, 7) is 6.70. The predicted octanol–water partition coefficient (Wildman–Crippen LogP) is 6.89. The van der Waals surface area contributed by atoms with Crippen LogP contribution in [0.5, 0.6) is 0 Å². The largest absolute Gasteiger partial charge is 0.337 e. The molecular weight excluding hydrogens is 568 g/mol. The minimum absolute atomic E-state index is 0.0244. The number of fused-ring (bicyclic) bond motifs is 1. The SMILES string of the molecule is C[C@H](CC(=O)N(Cc1nccn1C)c1ccc2c(c1)[C@H](NS(=O)(=O)c1cccc(Cl)c1)CCC2(C)C)c1ccccc1. The fraction of sp³-hybridized carbons (Fsp3) is 0.333. The van der Waals surface area contributed by atoms with Crippen LogP contribution in [0.4, 0.5) is 5.69 Å². The Kier molecular flexibility index (Phi) is 8.60. The van der Waals surface area contributed by atoms with Gasteiger partial charge in [0.15, 0.2) is 0 Å². The third-order valence-corrected chi connectivity index (χ3v) is 9.99. The Balaban J connectivity index is 1.52. The van der Waals surface area contributed by atoms with E-state index in [1.807, 2.05) is 66.3 Å². The molecule has 1 amide bonds. The van der Waals surface area contributed by atoms with Gasteiger partial charge in [-0.2, -0.15) is 0 Å². The van der Waals surface area contributed by atoms with Crippen LogP contribution in [0.2, 0.25) is 5.02 Å². The molecule has 0 bridgehead atoms. The van der Waals surface area contributed by atoms with Crippen LogP contribution >= 0.6 is 11.6 Å². The second kappa shape index (κ2) is 12.0. The van der Waals surface area contributed by atoms with Crippen LogP contribution in [0.3, 0.4) is 0 Å². The summed E-state index contributed by atoms with van der Waals surface area (Å²) in [5, 5.41) is 0.360. The normalized spacial score (nSPS) is 16.9. The molecule has 0 spiro atoms. The predicted molar refractivity (Wildman–Crippen MR) is 167 cm³/mol. The maximum atomic E-state index is 14.0. The van der Waals surface area contributed by atoms with Gasteiger partial charge < -0.3 is 9.47 Å². The van der Waals surface area contributed by atoms with Crippen molar-refractivity contribution >= 4 is 33.2 Å². The lowest BCUT2D eigenvalue weighted by molar-refractivity contribution is -0.119. The van der Waals surface area contributed by atoms with Crippen molar-refractivity contribution in [1.82, 2.24) is 14.3 Å². The van der Waals surface area contributed by atoms with E-state index < -0.39 is 16.1 Å². The van der Waals surface area contributed by atoms with Gasteiger partial charge in [0, 0.05) is 42.6 Å². The number of amides is 1. The molecule has 0 saturated carbocycles. The van der Waals surface area contributed by atoms with Crippen molar-refractivity contribution in [1.29, 1.82) is 0 Å². The average molecular weight is 605 g/mol. The first-order valence-corrected chi connectivity index (χ1v) is 16.0. The molecule has 1 N–H and O–H groups in total. The molecule has 9 heteroatoms. The van der Waals surface area contributed by atoms with Gasteiger partial charge in [-0.05, 0) is 71.2 Å². The topological polar surface area (TPSA) is 84.3 Å². The molecule has 1 heterocycles. The maximum Gasteiger partial charge on any atom is 0.241 e. The van der Waals surface area contributed by atoms with E-state index in [2.05, 4.69) is 30.5 Å². The van der Waals surface area contributed by atoms with Crippen molar-refractivity contribution in [2.75, 3.05) is 4.90 Å². The van der Waals surface area contributed by atoms with Crippen molar-refractivity contribution in [3.05, 3.63) is 113 Å². The third-order valence-electron chi connectivity index (χ3n) is 8.28. The number of benzene rings is 3. The van der Waals surface area contributed by atoms with Crippen LogP contribution in [0, 0.1) is 0 Å². The Morgan fingerprint density at radius 3 is 2.57 bits per heavy atom. The van der Waals surface area contributed by atoms with Crippen molar-refractivity contribution < 1.29 is 13.2 Å². The molecule has 220 valence electrons. The lowest BCUT2D eigenvalue weighted by atomic mass is 9.71. The molecule has 3 aromatic carbocycles. The number of imidazole rings is 1. The Hall–Kier alpha value is -3.46. The van der Waals surface area contributed by atoms with Crippen molar-refractivity contribution in [2.24, 2.45) is 7.05 Å². The first kappa shape index (κ1) is 30.0. The van der Waals surface area contributed by atoms with Crippen LogP contribution < -0.4 is 9.62 Å². The van der Waals surface area contributed by atoms with Gasteiger partial charge in [0.2, 0.25) is 15.9 Å². The van der Waals surface area contributed by atoms with Gasteiger partial charge in [-0.1, -0.05) is 74.8 Å². The number of sulfonamides is 1. The van der Waals surface area contributed by atoms with Gasteiger partial charge in [0.05, 0.1) is 11.4 Å². The first-order valence-electron chi connectivity index (χ1n) is 14.2. The van der Waals surface area contributed by atoms with Crippen molar-refractivity contribution in [3.8, 4) is 0 Å². The number of aryl methyl sites for hydroxylation is 1. The number of nitrogens with zero attached hydrogens (tertiary/aromatic N) is 3. The standard InChI is InChI=1S/C33H37ClN4O3S/c1-23(24-9-6-5-7-10-24)19-32(39)38(22-31-35-17-18-37(31)4)26-13-14-29-28(21-26)30(15-16-33(29,2)3)36-42(40,41)27-12-8-11-25(34)20-27/h5-14,17-18,20-21,23,30,36H,15-16,19,22H2,1-4H3/t23-,30-/m1/s1. The van der Waals surface area contributed by atoms with E-state index in [-0.39, 0.29) is 22.1 Å². The van der Waals surface area contributed by atoms with Crippen LogP contribution in [0.15, 0.2) is 90.1 Å². The average Bonchev–Trinajstić information content (AvgIpc) is 3.37. The number of halogens is 1. The monoisotopic (exact) mass is 604 g/mol. The van der Waals surface area contributed by atoms with E-state index >= 15 is 0 Å². The summed E-state index contributed by atoms with van der Waals surface area (Å²) >= 11 is 6.11. The molecule has 1 aliphatic rings. The minimum Gasteiger partial charge on any atom is -0.337 e. The minimum atomic E-state index is -3.83. The molecule has 0 unspecified atom stereocenters. The summed E-state index contributed by atoms with van der Waals surface area (Å²) in [6, 6.07) is 21.8. The summed E-state index contributed by atoms with van der Waals surface area (Å²) in [5.74, 6) is 0.754. The number of aromatic nitrogens is 2. The van der Waals surface area contributed by atoms with E-state index in [4.69, 9.17) is 11.6 Å². The lowest BCUT2D eigenvalue weighted by Gasteiger charge is -2.38. The zero-order valence-corrected chi connectivity index (χ0v) is 26.0. The fourth-order valence-corrected chi connectivity index (χ4v) is 7.27. The maximum absolute atomic E-state index is 14.0. The van der Waals surface area contributed by atoms with Gasteiger partial charge in [0.1, 0.15) is 5.82 Å². The highest BCUT2D eigenvalue weighted by Crippen LogP contribution is 2.43. The van der Waals surface area contributed by atoms with Crippen LogP contribution in [-0.2, 0) is 33.8 Å². The first-order chi connectivity index (χ1) is 19.9. The Morgan fingerprint density at radius 1 is 1.12 bits per heavy atom. The molecule has 0 radical (unpaired) electrons. The van der Waals surface area contributed by atoms with Crippen molar-refractivity contribution in [3.63, 3.8) is 0 Å². The Morgan fingerprint density at radius 2 is 1.88 bits per heavy atom. The molecule has 0 fully saturated rings. The number of nitrogens with one attached hydrogen (secondary N) is 1. The summed E-state index contributed by atoms with van der Waals surface area (Å²) in [4.78, 5) is 20.3. The molecule has 2 atom stereocenters. The van der Waals surface area contributed by atoms with Gasteiger partial charge >= 0.3 is 0 Å². The summed E-state index contributed by atoms with van der Waals surface area (Å²) in [5.41, 5.74) is 3.61. The summed E-state index contributed by atoms with van der Waals surface area (Å²) < 4.78 is 31.7. The number of carbonyl (C=O) groups excluding carboxylic acids is 1. The van der Waals surface area contributed by atoms with Crippen LogP contribution in [-0.4, -0.2) is 23.9 Å². The number of carbonyl (C=O) groups is 1. The molecular formula is C33H37ClN4O3S. The fourth-order valence-electron chi connectivity index (χ4n) is 5.72. The van der Waals surface area contributed by atoms with Gasteiger partial charge in [0.25, 0.3) is 0 Å². The smallest absolute Gasteiger partial charge is 0.241 e. The molecule has 4 aromatic rings. The second-order valence-corrected chi connectivity index (χ2v) is 13.9. The number of rotatable bonds is 9. The second-order valence-electron chi connectivity index (χ2n) is 11.8. The number of hydrogen-bond donors (Lipinski definition) is 1. The lowest BCUT2D eigenvalue weighted by Crippen LogP contribution is -2.37. The highest BCUT2D eigenvalue weighted by Gasteiger charge is 2.36. The van der Waals surface area contributed by atoms with E-state index in [0.29, 0.717) is 30.1 Å². The van der Waals surface area contributed by atoms with Gasteiger partial charge in [-0.15, -0.1) is 0 Å². The Labute approximate surface area is 253 Å².